The third kappa shape index (κ3) is 3.16. The lowest BCUT2D eigenvalue weighted by Crippen LogP contribution is -2.01. The molecule has 0 aliphatic heterocycles. The average molecular weight is 290 g/mol. The van der Waals surface area contributed by atoms with Crippen molar-refractivity contribution in [3.8, 4) is 22.6 Å². The van der Waals surface area contributed by atoms with Crippen LogP contribution >= 0.6 is 0 Å². The highest BCUT2D eigenvalue weighted by molar-refractivity contribution is 5.94. The number of nitrogens with zero attached hydrogens (tertiary/aromatic N) is 2. The predicted molar refractivity (Wildman–Crippen MR) is 77.9 cm³/mol. The third-order valence-corrected chi connectivity index (χ3v) is 2.89. The van der Waals surface area contributed by atoms with Gasteiger partial charge in [0.1, 0.15) is 0 Å². The van der Waals surface area contributed by atoms with Crippen LogP contribution in [0.1, 0.15) is 24.3 Å². The van der Waals surface area contributed by atoms with Crippen molar-refractivity contribution in [2.75, 3.05) is 13.2 Å². The molecular weight excluding hydrogens is 272 g/mol. The molecule has 0 radical (unpaired) electrons. The van der Waals surface area contributed by atoms with Gasteiger partial charge in [-0.05, 0) is 31.5 Å². The molecule has 0 saturated heterocycles. The van der Waals surface area contributed by atoms with E-state index in [1.54, 1.807) is 31.4 Å². The molecule has 0 spiro atoms. The molecule has 6 heteroatoms. The number of benzene rings is 1. The number of aromatic carboxylic acids is 1. The number of hydrogen-bond donors (Lipinski definition) is 1. The van der Waals surface area contributed by atoms with Gasteiger partial charge in [-0.2, -0.15) is 5.10 Å². The fraction of sp³-hybridized carbons (Fsp3) is 0.333. The van der Waals surface area contributed by atoms with Crippen LogP contribution in [-0.4, -0.2) is 34.1 Å². The zero-order valence-corrected chi connectivity index (χ0v) is 12.3. The van der Waals surface area contributed by atoms with E-state index in [1.807, 2.05) is 13.8 Å². The molecule has 0 aliphatic carbocycles. The van der Waals surface area contributed by atoms with Crippen LogP contribution in [0, 0.1) is 0 Å². The summed E-state index contributed by atoms with van der Waals surface area (Å²) in [6.45, 7) is 4.82. The fourth-order valence-corrected chi connectivity index (χ4v) is 2.08. The summed E-state index contributed by atoms with van der Waals surface area (Å²) in [6.07, 6.45) is 1.68. The van der Waals surface area contributed by atoms with E-state index in [-0.39, 0.29) is 5.69 Å². The summed E-state index contributed by atoms with van der Waals surface area (Å²) in [7, 11) is 1.69. The van der Waals surface area contributed by atoms with Crippen molar-refractivity contribution in [1.29, 1.82) is 0 Å². The molecule has 0 unspecified atom stereocenters. The maximum atomic E-state index is 11.3. The summed E-state index contributed by atoms with van der Waals surface area (Å²) < 4.78 is 12.5. The van der Waals surface area contributed by atoms with Crippen LogP contribution in [0.25, 0.3) is 11.1 Å². The number of carbonyl (C=O) groups is 1. The first-order valence-electron chi connectivity index (χ1n) is 6.73. The summed E-state index contributed by atoms with van der Waals surface area (Å²) in [4.78, 5) is 11.3. The summed E-state index contributed by atoms with van der Waals surface area (Å²) in [5, 5.41) is 13.2. The summed E-state index contributed by atoms with van der Waals surface area (Å²) in [5.41, 5.74) is 1.30. The number of aryl methyl sites for hydroxylation is 1. The van der Waals surface area contributed by atoms with Gasteiger partial charge in [-0.1, -0.05) is 6.07 Å². The highest BCUT2D eigenvalue weighted by Gasteiger charge is 2.18. The predicted octanol–water partition coefficient (Wildman–Crippen LogP) is 2.58. The van der Waals surface area contributed by atoms with Crippen LogP contribution in [0.3, 0.4) is 0 Å². The molecule has 1 aromatic carbocycles. The second-order valence-electron chi connectivity index (χ2n) is 4.40. The quantitative estimate of drug-likeness (QED) is 0.885. The molecule has 0 fully saturated rings. The Labute approximate surface area is 122 Å². The Bertz CT molecular complexity index is 649. The van der Waals surface area contributed by atoms with Crippen molar-refractivity contribution in [2.24, 2.45) is 7.05 Å². The Hall–Kier alpha value is -2.50. The van der Waals surface area contributed by atoms with Crippen LogP contribution in [0.5, 0.6) is 11.5 Å². The molecule has 1 aromatic heterocycles. The normalized spacial score (nSPS) is 10.4. The van der Waals surface area contributed by atoms with E-state index in [0.717, 1.165) is 5.56 Å². The summed E-state index contributed by atoms with van der Waals surface area (Å²) in [6, 6.07) is 5.36. The van der Waals surface area contributed by atoms with Crippen molar-refractivity contribution in [2.45, 2.75) is 13.8 Å². The highest BCUT2D eigenvalue weighted by Crippen LogP contribution is 2.34. The molecule has 0 bridgehead atoms. The lowest BCUT2D eigenvalue weighted by Gasteiger charge is -2.12. The highest BCUT2D eigenvalue weighted by atomic mass is 16.5. The topological polar surface area (TPSA) is 73.6 Å². The Balaban J connectivity index is 2.49. The van der Waals surface area contributed by atoms with E-state index in [0.29, 0.717) is 30.3 Å². The van der Waals surface area contributed by atoms with Gasteiger partial charge in [-0.3, -0.25) is 4.68 Å². The van der Waals surface area contributed by atoms with Gasteiger partial charge in [0.15, 0.2) is 17.2 Å². The van der Waals surface area contributed by atoms with Gasteiger partial charge in [0, 0.05) is 18.8 Å². The van der Waals surface area contributed by atoms with Crippen molar-refractivity contribution >= 4 is 5.97 Å². The molecule has 21 heavy (non-hydrogen) atoms. The van der Waals surface area contributed by atoms with Gasteiger partial charge in [0.05, 0.1) is 13.2 Å². The van der Waals surface area contributed by atoms with Crippen LogP contribution in [0.4, 0.5) is 0 Å². The van der Waals surface area contributed by atoms with Crippen molar-refractivity contribution in [3.05, 3.63) is 30.1 Å². The van der Waals surface area contributed by atoms with E-state index in [2.05, 4.69) is 5.10 Å². The van der Waals surface area contributed by atoms with Gasteiger partial charge >= 0.3 is 5.97 Å². The number of ether oxygens (including phenoxy) is 2. The minimum absolute atomic E-state index is 0.0177. The van der Waals surface area contributed by atoms with E-state index in [9.17, 15) is 9.90 Å². The second kappa shape index (κ2) is 6.30. The smallest absolute Gasteiger partial charge is 0.357 e. The number of carboxylic acids is 1. The molecule has 1 N–H and O–H groups in total. The zero-order valence-electron chi connectivity index (χ0n) is 12.3. The van der Waals surface area contributed by atoms with E-state index in [4.69, 9.17) is 9.47 Å². The number of carboxylic acid groups (broad SMARTS) is 1. The minimum Gasteiger partial charge on any atom is -0.490 e. The molecule has 6 nitrogen and oxygen atoms in total. The van der Waals surface area contributed by atoms with Gasteiger partial charge in [-0.25, -0.2) is 4.79 Å². The molecule has 1 heterocycles. The average Bonchev–Trinajstić information content (AvgIpc) is 2.83. The molecule has 112 valence electrons. The molecule has 0 aliphatic rings. The maximum Gasteiger partial charge on any atom is 0.357 e. The van der Waals surface area contributed by atoms with E-state index < -0.39 is 5.97 Å². The number of hydrogen-bond acceptors (Lipinski definition) is 4. The SMILES string of the molecule is CCOc1ccc(-c2cn(C)nc2C(=O)O)cc1OCC. The van der Waals surface area contributed by atoms with Crippen LogP contribution in [0.15, 0.2) is 24.4 Å². The molecule has 0 amide bonds. The maximum absolute atomic E-state index is 11.3. The van der Waals surface area contributed by atoms with Gasteiger partial charge < -0.3 is 14.6 Å². The zero-order chi connectivity index (χ0) is 15.4. The van der Waals surface area contributed by atoms with Crippen LogP contribution in [0.2, 0.25) is 0 Å². The number of aromatic nitrogens is 2. The lowest BCUT2D eigenvalue weighted by atomic mass is 10.1. The monoisotopic (exact) mass is 290 g/mol. The Kier molecular flexibility index (Phi) is 4.47. The van der Waals surface area contributed by atoms with Gasteiger partial charge in [0.25, 0.3) is 0 Å². The second-order valence-corrected chi connectivity index (χ2v) is 4.40. The fourth-order valence-electron chi connectivity index (χ4n) is 2.08. The minimum atomic E-state index is -1.06. The lowest BCUT2D eigenvalue weighted by molar-refractivity contribution is 0.0690. The first-order chi connectivity index (χ1) is 10.1. The molecule has 2 aromatic rings. The molecule has 2 rings (SSSR count). The first-order valence-corrected chi connectivity index (χ1v) is 6.73. The summed E-state index contributed by atoms with van der Waals surface area (Å²) in [5.74, 6) is 0.179. The largest absolute Gasteiger partial charge is 0.490 e. The molecular formula is C15H18N2O4. The Morgan fingerprint density at radius 3 is 2.52 bits per heavy atom. The van der Waals surface area contributed by atoms with Crippen LogP contribution in [-0.2, 0) is 7.05 Å². The summed E-state index contributed by atoms with van der Waals surface area (Å²) >= 11 is 0. The molecule has 0 saturated carbocycles. The van der Waals surface area contributed by atoms with E-state index >= 15 is 0 Å². The van der Waals surface area contributed by atoms with Gasteiger partial charge in [0.2, 0.25) is 0 Å². The van der Waals surface area contributed by atoms with Crippen LogP contribution < -0.4 is 9.47 Å². The Morgan fingerprint density at radius 2 is 1.90 bits per heavy atom. The standard InChI is InChI=1S/C15H18N2O4/c1-4-20-12-7-6-10(8-13(12)21-5-2)11-9-17(3)16-14(11)15(18)19/h6-9H,4-5H2,1-3H3,(H,18,19). The van der Waals surface area contributed by atoms with Crippen molar-refractivity contribution in [3.63, 3.8) is 0 Å². The van der Waals surface area contributed by atoms with Gasteiger partial charge in [-0.15, -0.1) is 0 Å². The number of rotatable bonds is 6. The van der Waals surface area contributed by atoms with Crippen molar-refractivity contribution in [1.82, 2.24) is 9.78 Å². The van der Waals surface area contributed by atoms with E-state index in [1.165, 1.54) is 4.68 Å². The third-order valence-electron chi connectivity index (χ3n) is 2.89. The Morgan fingerprint density at radius 1 is 1.24 bits per heavy atom. The first kappa shape index (κ1) is 14.9. The molecule has 0 atom stereocenters. The van der Waals surface area contributed by atoms with Crippen molar-refractivity contribution < 1.29 is 19.4 Å².